The van der Waals surface area contributed by atoms with Gasteiger partial charge in [-0.3, -0.25) is 0 Å². The Hall–Kier alpha value is -3.14. The van der Waals surface area contributed by atoms with E-state index in [0.717, 1.165) is 36.0 Å². The fourth-order valence-electron chi connectivity index (χ4n) is 3.42. The van der Waals surface area contributed by atoms with Gasteiger partial charge in [0.1, 0.15) is 11.5 Å². The summed E-state index contributed by atoms with van der Waals surface area (Å²) >= 11 is 0. The van der Waals surface area contributed by atoms with Gasteiger partial charge < -0.3 is 9.47 Å². The molecule has 176 valence electrons. The van der Waals surface area contributed by atoms with Crippen molar-refractivity contribution in [3.8, 4) is 22.6 Å². The second-order valence-electron chi connectivity index (χ2n) is 8.56. The molecule has 0 radical (unpaired) electrons. The van der Waals surface area contributed by atoms with Gasteiger partial charge in [0.2, 0.25) is 0 Å². The zero-order chi connectivity index (χ0) is 24.2. The summed E-state index contributed by atoms with van der Waals surface area (Å²) in [6.07, 6.45) is 9.39. The van der Waals surface area contributed by atoms with E-state index in [1.165, 1.54) is 32.1 Å². The van der Waals surface area contributed by atoms with Crippen molar-refractivity contribution in [3.05, 3.63) is 72.3 Å². The minimum Gasteiger partial charge on any atom is -0.423 e. The number of unbranched alkanes of at least 4 members (excludes halogenated alkanes) is 6. The van der Waals surface area contributed by atoms with Gasteiger partial charge in [-0.1, -0.05) is 76.8 Å². The number of hydrogen-bond donors (Lipinski definition) is 0. The largest absolute Gasteiger partial charge is 0.423 e. The first kappa shape index (κ1) is 26.1. The van der Waals surface area contributed by atoms with Gasteiger partial charge in [0.25, 0.3) is 0 Å². The van der Waals surface area contributed by atoms with E-state index in [-0.39, 0.29) is 0 Å². The van der Waals surface area contributed by atoms with E-state index in [1.54, 1.807) is 26.0 Å². The van der Waals surface area contributed by atoms with Crippen molar-refractivity contribution in [2.24, 2.45) is 0 Å². The first-order chi connectivity index (χ1) is 15.8. The second kappa shape index (κ2) is 13.4. The minimum atomic E-state index is -0.441. The Morgan fingerprint density at radius 3 is 1.88 bits per heavy atom. The number of carbonyl (C=O) groups excluding carboxylic acids is 2. The lowest BCUT2D eigenvalue weighted by Gasteiger charge is -2.13. The standard InChI is InChI=1S/C29H36O4/c1-6-7-8-9-10-11-12-13-25-20-24(16-19-27(25)33-29(31)22(4)5)23-14-17-26(18-15-23)32-28(30)21(2)3/h14-20H,2,4,6-13H2,1,3,5H3. The van der Waals surface area contributed by atoms with E-state index in [2.05, 4.69) is 26.1 Å². The second-order valence-corrected chi connectivity index (χ2v) is 8.56. The average molecular weight is 449 g/mol. The van der Waals surface area contributed by atoms with Crippen molar-refractivity contribution >= 4 is 11.9 Å². The topological polar surface area (TPSA) is 52.6 Å². The third kappa shape index (κ3) is 8.72. The van der Waals surface area contributed by atoms with Crippen LogP contribution in [0.1, 0.15) is 71.3 Å². The van der Waals surface area contributed by atoms with Gasteiger partial charge in [0, 0.05) is 11.1 Å². The molecule has 2 aromatic carbocycles. The Kier molecular flexibility index (Phi) is 10.6. The predicted molar refractivity (Wildman–Crippen MR) is 134 cm³/mol. The molecule has 0 amide bonds. The maximum absolute atomic E-state index is 12.1. The molecule has 0 heterocycles. The molecule has 0 saturated carbocycles. The number of rotatable bonds is 13. The highest BCUT2D eigenvalue weighted by Gasteiger charge is 2.12. The summed E-state index contributed by atoms with van der Waals surface area (Å²) in [7, 11) is 0. The Morgan fingerprint density at radius 1 is 0.727 bits per heavy atom. The van der Waals surface area contributed by atoms with Gasteiger partial charge in [-0.25, -0.2) is 9.59 Å². The molecule has 0 bridgehead atoms. The van der Waals surface area contributed by atoms with Crippen LogP contribution in [-0.2, 0) is 16.0 Å². The van der Waals surface area contributed by atoms with Crippen LogP contribution in [0.4, 0.5) is 0 Å². The molecule has 0 aliphatic heterocycles. The molecule has 0 unspecified atom stereocenters. The number of ether oxygens (including phenoxy) is 2. The van der Waals surface area contributed by atoms with Gasteiger partial charge in [-0.15, -0.1) is 0 Å². The molecule has 0 fully saturated rings. The highest BCUT2D eigenvalue weighted by molar-refractivity contribution is 5.89. The third-order valence-corrected chi connectivity index (χ3v) is 5.41. The van der Waals surface area contributed by atoms with Crippen molar-refractivity contribution in [3.63, 3.8) is 0 Å². The average Bonchev–Trinajstić information content (AvgIpc) is 2.79. The normalized spacial score (nSPS) is 10.5. The fourth-order valence-corrected chi connectivity index (χ4v) is 3.42. The Morgan fingerprint density at radius 2 is 1.27 bits per heavy atom. The fraction of sp³-hybridized carbons (Fsp3) is 0.379. The molecule has 2 rings (SSSR count). The van der Waals surface area contributed by atoms with Gasteiger partial charge in [0.05, 0.1) is 0 Å². The van der Waals surface area contributed by atoms with Crippen LogP contribution < -0.4 is 9.47 Å². The molecule has 0 spiro atoms. The summed E-state index contributed by atoms with van der Waals surface area (Å²) in [5, 5.41) is 0. The van der Waals surface area contributed by atoms with E-state index in [0.29, 0.717) is 22.6 Å². The zero-order valence-electron chi connectivity index (χ0n) is 20.2. The van der Waals surface area contributed by atoms with E-state index >= 15 is 0 Å². The molecular formula is C29H36O4. The Balaban J connectivity index is 2.14. The van der Waals surface area contributed by atoms with Crippen LogP contribution in [0.15, 0.2) is 66.8 Å². The molecule has 0 atom stereocenters. The molecule has 4 heteroatoms. The molecule has 4 nitrogen and oxygen atoms in total. The molecule has 33 heavy (non-hydrogen) atoms. The molecule has 0 aromatic heterocycles. The summed E-state index contributed by atoms with van der Waals surface area (Å²) in [5.74, 6) is 0.211. The van der Waals surface area contributed by atoms with Crippen LogP contribution in [-0.4, -0.2) is 11.9 Å². The highest BCUT2D eigenvalue weighted by Crippen LogP contribution is 2.30. The molecule has 0 aliphatic carbocycles. The molecule has 0 N–H and O–H groups in total. The van der Waals surface area contributed by atoms with E-state index in [9.17, 15) is 9.59 Å². The van der Waals surface area contributed by atoms with Gasteiger partial charge in [-0.05, 0) is 67.6 Å². The lowest BCUT2D eigenvalue weighted by atomic mass is 9.98. The first-order valence-electron chi connectivity index (χ1n) is 11.8. The molecule has 2 aromatic rings. The highest BCUT2D eigenvalue weighted by atomic mass is 16.5. The number of hydrogen-bond acceptors (Lipinski definition) is 4. The van der Waals surface area contributed by atoms with Crippen LogP contribution in [0.5, 0.6) is 11.5 Å². The smallest absolute Gasteiger partial charge is 0.338 e. The van der Waals surface area contributed by atoms with Gasteiger partial charge >= 0.3 is 11.9 Å². The van der Waals surface area contributed by atoms with Crippen LogP contribution in [0, 0.1) is 0 Å². The van der Waals surface area contributed by atoms with Gasteiger partial charge in [0.15, 0.2) is 0 Å². The quantitative estimate of drug-likeness (QED) is 0.137. The molecule has 0 aliphatic rings. The van der Waals surface area contributed by atoms with Crippen LogP contribution in [0.3, 0.4) is 0 Å². The predicted octanol–water partition coefficient (Wildman–Crippen LogP) is 7.61. The summed E-state index contributed by atoms with van der Waals surface area (Å²) in [6, 6.07) is 13.2. The van der Waals surface area contributed by atoms with Crippen LogP contribution in [0.25, 0.3) is 11.1 Å². The van der Waals surface area contributed by atoms with Gasteiger partial charge in [-0.2, -0.15) is 0 Å². The van der Waals surface area contributed by atoms with E-state index in [4.69, 9.17) is 9.47 Å². The lowest BCUT2D eigenvalue weighted by Crippen LogP contribution is -2.10. The SMILES string of the molecule is C=C(C)C(=O)Oc1ccc(-c2ccc(OC(=O)C(=C)C)c(CCCCCCCCC)c2)cc1. The zero-order valence-corrected chi connectivity index (χ0v) is 20.2. The maximum Gasteiger partial charge on any atom is 0.338 e. The van der Waals surface area contributed by atoms with Crippen molar-refractivity contribution in [1.82, 2.24) is 0 Å². The third-order valence-electron chi connectivity index (χ3n) is 5.41. The van der Waals surface area contributed by atoms with Crippen molar-refractivity contribution < 1.29 is 19.1 Å². The summed E-state index contributed by atoms with van der Waals surface area (Å²) < 4.78 is 10.9. The summed E-state index contributed by atoms with van der Waals surface area (Å²) in [5.41, 5.74) is 3.74. The Labute approximate surface area is 198 Å². The summed E-state index contributed by atoms with van der Waals surface area (Å²) in [6.45, 7) is 12.8. The number of aryl methyl sites for hydroxylation is 1. The Bertz CT molecular complexity index is 970. The number of carbonyl (C=O) groups is 2. The first-order valence-corrected chi connectivity index (χ1v) is 11.8. The minimum absolute atomic E-state index is 0.356. The molecule has 0 saturated heterocycles. The van der Waals surface area contributed by atoms with E-state index < -0.39 is 11.9 Å². The van der Waals surface area contributed by atoms with Crippen LogP contribution >= 0.6 is 0 Å². The van der Waals surface area contributed by atoms with Crippen molar-refractivity contribution in [2.45, 2.75) is 72.1 Å². The maximum atomic E-state index is 12.1. The lowest BCUT2D eigenvalue weighted by molar-refractivity contribution is -0.131. The van der Waals surface area contributed by atoms with Crippen molar-refractivity contribution in [2.75, 3.05) is 0 Å². The van der Waals surface area contributed by atoms with Crippen LogP contribution in [0.2, 0.25) is 0 Å². The summed E-state index contributed by atoms with van der Waals surface area (Å²) in [4.78, 5) is 23.8. The monoisotopic (exact) mass is 448 g/mol. The number of esters is 2. The number of benzene rings is 2. The van der Waals surface area contributed by atoms with E-state index in [1.807, 2.05) is 24.3 Å². The molecular weight excluding hydrogens is 412 g/mol. The van der Waals surface area contributed by atoms with Crippen molar-refractivity contribution in [1.29, 1.82) is 0 Å².